The number of benzene rings is 1. The third kappa shape index (κ3) is 5.67. The van der Waals surface area contributed by atoms with Crippen molar-refractivity contribution in [3.8, 4) is 0 Å². The second kappa shape index (κ2) is 10.00. The molecule has 0 bridgehead atoms. The van der Waals surface area contributed by atoms with E-state index in [1.54, 1.807) is 7.11 Å². The molecule has 1 aromatic carbocycles. The molecule has 0 saturated heterocycles. The number of hydrogen-bond acceptors (Lipinski definition) is 4. The molecular weight excluding hydrogens is 276 g/mol. The number of aliphatic hydroxyl groups excluding tert-OH is 1. The number of nitrogens with zero attached hydrogens (tertiary/aromatic N) is 1. The fourth-order valence-electron chi connectivity index (χ4n) is 2.08. The van der Waals surface area contributed by atoms with Crippen LogP contribution in [0.1, 0.15) is 18.9 Å². The molecule has 5 heteroatoms. The zero-order valence-electron chi connectivity index (χ0n) is 12.4. The first-order valence-corrected chi connectivity index (χ1v) is 7.44. The lowest BCUT2D eigenvalue weighted by Gasteiger charge is -2.26. The predicted molar refractivity (Wildman–Crippen MR) is 84.6 cm³/mol. The van der Waals surface area contributed by atoms with E-state index in [1.165, 1.54) is 0 Å². The molecule has 1 aromatic rings. The van der Waals surface area contributed by atoms with Gasteiger partial charge in [-0.1, -0.05) is 18.5 Å². The summed E-state index contributed by atoms with van der Waals surface area (Å²) in [6.07, 6.45) is 1.10. The summed E-state index contributed by atoms with van der Waals surface area (Å²) >= 11 is 6.10. The number of methoxy groups -OCH3 is 1. The fourth-order valence-corrected chi connectivity index (χ4v) is 2.27. The van der Waals surface area contributed by atoms with Gasteiger partial charge < -0.3 is 20.1 Å². The van der Waals surface area contributed by atoms with Gasteiger partial charge >= 0.3 is 0 Å². The number of anilines is 1. The van der Waals surface area contributed by atoms with Crippen LogP contribution in [0.4, 0.5) is 5.69 Å². The molecule has 114 valence electrons. The molecule has 0 aliphatic heterocycles. The maximum atomic E-state index is 9.23. The zero-order valence-corrected chi connectivity index (χ0v) is 13.1. The van der Waals surface area contributed by atoms with Crippen LogP contribution in [0, 0.1) is 0 Å². The lowest BCUT2D eigenvalue weighted by atomic mass is 10.1. The van der Waals surface area contributed by atoms with Gasteiger partial charge in [-0.15, -0.1) is 0 Å². The SMILES string of the molecule is CCCNCc1cc(Cl)ccc1N(CCO)CCOC. The highest BCUT2D eigenvalue weighted by Gasteiger charge is 2.11. The van der Waals surface area contributed by atoms with Crippen molar-refractivity contribution >= 4 is 17.3 Å². The van der Waals surface area contributed by atoms with Gasteiger partial charge in [-0.25, -0.2) is 0 Å². The van der Waals surface area contributed by atoms with Gasteiger partial charge in [-0.2, -0.15) is 0 Å². The number of halogens is 1. The largest absolute Gasteiger partial charge is 0.395 e. The average Bonchev–Trinajstić information content (AvgIpc) is 2.44. The van der Waals surface area contributed by atoms with Crippen LogP contribution in [0.15, 0.2) is 18.2 Å². The van der Waals surface area contributed by atoms with E-state index in [0.717, 1.165) is 42.3 Å². The Labute approximate surface area is 126 Å². The topological polar surface area (TPSA) is 44.7 Å². The van der Waals surface area contributed by atoms with Crippen molar-refractivity contribution in [3.05, 3.63) is 28.8 Å². The van der Waals surface area contributed by atoms with E-state index in [4.69, 9.17) is 16.3 Å². The minimum absolute atomic E-state index is 0.119. The monoisotopic (exact) mass is 300 g/mol. The normalized spacial score (nSPS) is 10.8. The summed E-state index contributed by atoms with van der Waals surface area (Å²) in [5.74, 6) is 0. The molecule has 0 amide bonds. The van der Waals surface area contributed by atoms with Gasteiger partial charge in [0.1, 0.15) is 0 Å². The van der Waals surface area contributed by atoms with Crippen LogP contribution in [0.2, 0.25) is 5.02 Å². The van der Waals surface area contributed by atoms with Crippen molar-refractivity contribution in [1.82, 2.24) is 5.32 Å². The molecule has 0 saturated carbocycles. The Hall–Kier alpha value is -0.810. The van der Waals surface area contributed by atoms with E-state index in [-0.39, 0.29) is 6.61 Å². The molecule has 0 aliphatic rings. The standard InChI is InChI=1S/C15H25ClN2O2/c1-3-6-17-12-13-11-14(16)4-5-15(13)18(7-9-19)8-10-20-2/h4-5,11,17,19H,3,6-10,12H2,1-2H3. The fraction of sp³-hybridized carbons (Fsp3) is 0.600. The van der Waals surface area contributed by atoms with Gasteiger partial charge in [0.15, 0.2) is 0 Å². The van der Waals surface area contributed by atoms with Crippen molar-refractivity contribution in [2.24, 2.45) is 0 Å². The Morgan fingerprint density at radius 1 is 1.35 bits per heavy atom. The Kier molecular flexibility index (Phi) is 8.62. The molecule has 2 N–H and O–H groups in total. The molecule has 1 rings (SSSR count). The van der Waals surface area contributed by atoms with E-state index in [9.17, 15) is 5.11 Å². The molecule has 0 unspecified atom stereocenters. The average molecular weight is 301 g/mol. The summed E-state index contributed by atoms with van der Waals surface area (Å²) in [6, 6.07) is 5.88. The maximum Gasteiger partial charge on any atom is 0.0637 e. The Morgan fingerprint density at radius 2 is 2.15 bits per heavy atom. The van der Waals surface area contributed by atoms with E-state index in [2.05, 4.69) is 17.1 Å². The quantitative estimate of drug-likeness (QED) is 0.651. The second-order valence-corrected chi connectivity index (χ2v) is 5.09. The van der Waals surface area contributed by atoms with Gasteiger partial charge in [-0.3, -0.25) is 0 Å². The number of ether oxygens (including phenoxy) is 1. The van der Waals surface area contributed by atoms with E-state index in [1.807, 2.05) is 18.2 Å². The molecule has 0 spiro atoms. The third-order valence-electron chi connectivity index (χ3n) is 3.06. The summed E-state index contributed by atoms with van der Waals surface area (Å²) in [5.41, 5.74) is 2.25. The summed E-state index contributed by atoms with van der Waals surface area (Å²) in [7, 11) is 1.68. The highest BCUT2D eigenvalue weighted by Crippen LogP contribution is 2.24. The highest BCUT2D eigenvalue weighted by molar-refractivity contribution is 6.30. The zero-order chi connectivity index (χ0) is 14.8. The second-order valence-electron chi connectivity index (χ2n) is 4.65. The highest BCUT2D eigenvalue weighted by atomic mass is 35.5. The van der Waals surface area contributed by atoms with Crippen LogP contribution < -0.4 is 10.2 Å². The van der Waals surface area contributed by atoms with Crippen LogP contribution in [-0.4, -0.2) is 45.1 Å². The molecule has 0 fully saturated rings. The van der Waals surface area contributed by atoms with Crippen LogP contribution in [-0.2, 0) is 11.3 Å². The smallest absolute Gasteiger partial charge is 0.0637 e. The Morgan fingerprint density at radius 3 is 2.80 bits per heavy atom. The Balaban J connectivity index is 2.87. The number of nitrogens with one attached hydrogen (secondary N) is 1. The van der Waals surface area contributed by atoms with Crippen molar-refractivity contribution in [3.63, 3.8) is 0 Å². The number of rotatable bonds is 10. The molecule has 0 aromatic heterocycles. The van der Waals surface area contributed by atoms with Crippen LogP contribution in [0.3, 0.4) is 0 Å². The van der Waals surface area contributed by atoms with Gasteiger partial charge in [0.25, 0.3) is 0 Å². The number of hydrogen-bond donors (Lipinski definition) is 2. The van der Waals surface area contributed by atoms with Crippen molar-refractivity contribution in [1.29, 1.82) is 0 Å². The maximum absolute atomic E-state index is 9.23. The summed E-state index contributed by atoms with van der Waals surface area (Å²) in [4.78, 5) is 2.13. The van der Waals surface area contributed by atoms with E-state index >= 15 is 0 Å². The van der Waals surface area contributed by atoms with Gasteiger partial charge in [0.05, 0.1) is 13.2 Å². The molecule has 0 atom stereocenters. The molecule has 4 nitrogen and oxygen atoms in total. The Bertz CT molecular complexity index is 388. The van der Waals surface area contributed by atoms with E-state index in [0.29, 0.717) is 13.2 Å². The lowest BCUT2D eigenvalue weighted by molar-refractivity contribution is 0.203. The van der Waals surface area contributed by atoms with Gasteiger partial charge in [0.2, 0.25) is 0 Å². The lowest BCUT2D eigenvalue weighted by Crippen LogP contribution is -2.31. The van der Waals surface area contributed by atoms with Gasteiger partial charge in [-0.05, 0) is 36.7 Å². The first-order valence-electron chi connectivity index (χ1n) is 7.06. The van der Waals surface area contributed by atoms with Gasteiger partial charge in [0, 0.05) is 37.5 Å². The third-order valence-corrected chi connectivity index (χ3v) is 3.29. The van der Waals surface area contributed by atoms with E-state index < -0.39 is 0 Å². The molecule has 0 radical (unpaired) electrons. The predicted octanol–water partition coefficient (Wildman–Crippen LogP) is 2.28. The molecule has 0 heterocycles. The van der Waals surface area contributed by atoms with Crippen LogP contribution >= 0.6 is 11.6 Å². The number of aliphatic hydroxyl groups is 1. The molecule has 0 aliphatic carbocycles. The molecular formula is C15H25ClN2O2. The first-order chi connectivity index (χ1) is 9.72. The summed E-state index contributed by atoms with van der Waals surface area (Å²) in [6.45, 7) is 5.98. The minimum atomic E-state index is 0.119. The van der Waals surface area contributed by atoms with Crippen LogP contribution in [0.5, 0.6) is 0 Å². The van der Waals surface area contributed by atoms with Crippen molar-refractivity contribution < 1.29 is 9.84 Å². The summed E-state index contributed by atoms with van der Waals surface area (Å²) < 4.78 is 5.14. The van der Waals surface area contributed by atoms with Crippen LogP contribution in [0.25, 0.3) is 0 Å². The van der Waals surface area contributed by atoms with Crippen molar-refractivity contribution in [2.75, 3.05) is 44.9 Å². The molecule has 20 heavy (non-hydrogen) atoms. The summed E-state index contributed by atoms with van der Waals surface area (Å²) in [5, 5.41) is 13.4. The van der Waals surface area contributed by atoms with Crippen molar-refractivity contribution in [2.45, 2.75) is 19.9 Å². The first kappa shape index (κ1) is 17.2. The minimum Gasteiger partial charge on any atom is -0.395 e.